The SMILES string of the molecule is CCc1ccc(-c2noc(C3=C(C)N(Cc4cccs4)C(=O)NC3c3ccccc3)n2)cc1. The van der Waals surface area contributed by atoms with Crippen molar-refractivity contribution in [3.63, 3.8) is 0 Å². The van der Waals surface area contributed by atoms with Crippen LogP contribution in [0, 0.1) is 0 Å². The smallest absolute Gasteiger partial charge is 0.322 e. The van der Waals surface area contributed by atoms with E-state index in [9.17, 15) is 4.79 Å². The first-order chi connectivity index (χ1) is 16.1. The maximum atomic E-state index is 13.1. The van der Waals surface area contributed by atoms with Gasteiger partial charge >= 0.3 is 6.03 Å². The number of hydrogen-bond donors (Lipinski definition) is 1. The number of urea groups is 1. The van der Waals surface area contributed by atoms with Crippen molar-refractivity contribution in [1.29, 1.82) is 0 Å². The molecule has 2 aromatic heterocycles. The van der Waals surface area contributed by atoms with Crippen molar-refractivity contribution in [1.82, 2.24) is 20.4 Å². The fourth-order valence-electron chi connectivity index (χ4n) is 4.04. The molecule has 1 aliphatic rings. The molecule has 166 valence electrons. The van der Waals surface area contributed by atoms with Crippen molar-refractivity contribution in [3.8, 4) is 11.4 Å². The number of carbonyl (C=O) groups excluding carboxylic acids is 1. The van der Waals surface area contributed by atoms with Gasteiger partial charge in [-0.15, -0.1) is 11.3 Å². The van der Waals surface area contributed by atoms with Crippen LogP contribution in [-0.4, -0.2) is 21.1 Å². The van der Waals surface area contributed by atoms with Crippen LogP contribution in [0.3, 0.4) is 0 Å². The van der Waals surface area contributed by atoms with Crippen molar-refractivity contribution in [2.45, 2.75) is 32.9 Å². The summed E-state index contributed by atoms with van der Waals surface area (Å²) < 4.78 is 5.76. The highest BCUT2D eigenvalue weighted by molar-refractivity contribution is 7.09. The number of aromatic nitrogens is 2. The molecular formula is C26H24N4O2S. The van der Waals surface area contributed by atoms with Gasteiger partial charge in [0, 0.05) is 16.1 Å². The zero-order valence-corrected chi connectivity index (χ0v) is 19.3. The van der Waals surface area contributed by atoms with E-state index in [1.165, 1.54) is 5.56 Å². The lowest BCUT2D eigenvalue weighted by atomic mass is 9.94. The molecule has 33 heavy (non-hydrogen) atoms. The number of hydrogen-bond acceptors (Lipinski definition) is 5. The fourth-order valence-corrected chi connectivity index (χ4v) is 4.74. The summed E-state index contributed by atoms with van der Waals surface area (Å²) in [6, 6.07) is 21.5. The van der Waals surface area contributed by atoms with Gasteiger partial charge in [0.25, 0.3) is 5.89 Å². The number of benzene rings is 2. The molecule has 1 atom stereocenters. The number of rotatable bonds is 6. The first-order valence-corrected chi connectivity index (χ1v) is 11.8. The third-order valence-electron chi connectivity index (χ3n) is 5.90. The van der Waals surface area contributed by atoms with Gasteiger partial charge < -0.3 is 9.84 Å². The van der Waals surface area contributed by atoms with Crippen LogP contribution in [0.1, 0.15) is 41.8 Å². The van der Waals surface area contributed by atoms with Crippen molar-refractivity contribution in [2.24, 2.45) is 0 Å². The Balaban J connectivity index is 1.57. The van der Waals surface area contributed by atoms with Crippen molar-refractivity contribution in [3.05, 3.63) is 99.7 Å². The molecule has 0 saturated carbocycles. The predicted octanol–water partition coefficient (Wildman–Crippen LogP) is 6.06. The minimum Gasteiger partial charge on any atom is -0.334 e. The first-order valence-electron chi connectivity index (χ1n) is 10.9. The van der Waals surface area contributed by atoms with Crippen molar-refractivity contribution >= 4 is 22.9 Å². The number of nitrogens with zero attached hydrogens (tertiary/aromatic N) is 3. The van der Waals surface area contributed by atoms with Gasteiger partial charge in [-0.25, -0.2) is 4.79 Å². The Morgan fingerprint density at radius 1 is 1.06 bits per heavy atom. The maximum Gasteiger partial charge on any atom is 0.322 e. The lowest BCUT2D eigenvalue weighted by Gasteiger charge is -2.35. The summed E-state index contributed by atoms with van der Waals surface area (Å²) in [4.78, 5) is 20.7. The van der Waals surface area contributed by atoms with Crippen LogP contribution in [0.4, 0.5) is 4.79 Å². The zero-order chi connectivity index (χ0) is 22.8. The monoisotopic (exact) mass is 456 g/mol. The average molecular weight is 457 g/mol. The Morgan fingerprint density at radius 2 is 1.85 bits per heavy atom. The van der Waals surface area contributed by atoms with Crippen molar-refractivity contribution in [2.75, 3.05) is 0 Å². The third kappa shape index (κ3) is 4.19. The molecule has 5 rings (SSSR count). The van der Waals surface area contributed by atoms with Crippen LogP contribution >= 0.6 is 11.3 Å². The Labute approximate surface area is 196 Å². The molecule has 0 saturated heterocycles. The van der Waals surface area contributed by atoms with Gasteiger partial charge in [-0.2, -0.15) is 4.98 Å². The normalized spacial score (nSPS) is 16.2. The summed E-state index contributed by atoms with van der Waals surface area (Å²) >= 11 is 1.62. The van der Waals surface area contributed by atoms with Crippen LogP contribution in [0.5, 0.6) is 0 Å². The van der Waals surface area contributed by atoms with Gasteiger partial charge in [-0.1, -0.05) is 72.7 Å². The van der Waals surface area contributed by atoms with Crippen LogP contribution in [0.2, 0.25) is 0 Å². The largest absolute Gasteiger partial charge is 0.334 e. The van der Waals surface area contributed by atoms with E-state index in [0.717, 1.165) is 33.7 Å². The summed E-state index contributed by atoms with van der Waals surface area (Å²) in [5.41, 5.74) is 4.72. The highest BCUT2D eigenvalue weighted by atomic mass is 32.1. The standard InChI is InChI=1S/C26H24N4O2S/c1-3-18-11-13-20(14-12-18)24-28-25(32-29-24)22-17(2)30(16-21-10-7-15-33-21)26(31)27-23(22)19-8-5-4-6-9-19/h4-15,23H,3,16H2,1-2H3,(H,27,31). The number of thiophene rings is 1. The quantitative estimate of drug-likeness (QED) is 0.383. The van der Waals surface area contributed by atoms with Crippen LogP contribution in [0.15, 0.2) is 82.3 Å². The van der Waals surface area contributed by atoms with E-state index in [1.807, 2.05) is 66.9 Å². The van der Waals surface area contributed by atoms with Crippen LogP contribution in [0.25, 0.3) is 17.0 Å². The molecule has 0 fully saturated rings. The highest BCUT2D eigenvalue weighted by Gasteiger charge is 2.35. The van der Waals surface area contributed by atoms with E-state index in [1.54, 1.807) is 16.2 Å². The predicted molar refractivity (Wildman–Crippen MR) is 129 cm³/mol. The van der Waals surface area contributed by atoms with Crippen molar-refractivity contribution < 1.29 is 9.32 Å². The molecule has 0 radical (unpaired) electrons. The van der Waals surface area contributed by atoms with Gasteiger partial charge in [0.05, 0.1) is 18.2 Å². The van der Waals surface area contributed by atoms with Gasteiger partial charge in [-0.05, 0) is 35.9 Å². The Kier molecular flexibility index (Phi) is 5.79. The van der Waals surface area contributed by atoms with Gasteiger partial charge in [0.1, 0.15) is 0 Å². The number of nitrogens with one attached hydrogen (secondary N) is 1. The Morgan fingerprint density at radius 3 is 2.55 bits per heavy atom. The van der Waals surface area contributed by atoms with Gasteiger partial charge in [0.2, 0.25) is 5.82 Å². The second-order valence-corrected chi connectivity index (χ2v) is 8.96. The molecule has 0 aliphatic carbocycles. The molecule has 1 unspecified atom stereocenters. The first kappa shape index (κ1) is 21.2. The second-order valence-electron chi connectivity index (χ2n) is 7.93. The molecule has 2 amide bonds. The maximum absolute atomic E-state index is 13.1. The third-order valence-corrected chi connectivity index (χ3v) is 6.76. The van der Waals surface area contributed by atoms with E-state index in [2.05, 4.69) is 29.5 Å². The van der Waals surface area contributed by atoms with Gasteiger partial charge in [-0.3, -0.25) is 4.90 Å². The molecule has 4 aromatic rings. The summed E-state index contributed by atoms with van der Waals surface area (Å²) in [5, 5.41) is 9.41. The van der Waals surface area contributed by atoms with E-state index in [4.69, 9.17) is 9.51 Å². The fraction of sp³-hybridized carbons (Fsp3) is 0.192. The van der Waals surface area contributed by atoms with E-state index in [0.29, 0.717) is 18.3 Å². The summed E-state index contributed by atoms with van der Waals surface area (Å²) in [6.07, 6.45) is 0.975. The van der Waals surface area contributed by atoms with Gasteiger partial charge in [0.15, 0.2) is 0 Å². The van der Waals surface area contributed by atoms with E-state index >= 15 is 0 Å². The topological polar surface area (TPSA) is 71.3 Å². The molecule has 7 heteroatoms. The van der Waals surface area contributed by atoms with E-state index in [-0.39, 0.29) is 12.1 Å². The van der Waals surface area contributed by atoms with Crippen LogP contribution < -0.4 is 5.32 Å². The second kappa shape index (κ2) is 9.03. The summed E-state index contributed by atoms with van der Waals surface area (Å²) in [7, 11) is 0. The number of amides is 2. The lowest BCUT2D eigenvalue weighted by molar-refractivity contribution is 0.203. The van der Waals surface area contributed by atoms with Crippen LogP contribution in [-0.2, 0) is 13.0 Å². The number of allylic oxidation sites excluding steroid dienone is 1. The summed E-state index contributed by atoms with van der Waals surface area (Å²) in [6.45, 7) is 4.55. The molecule has 1 aliphatic heterocycles. The lowest BCUT2D eigenvalue weighted by Crippen LogP contribution is -2.45. The number of aryl methyl sites for hydroxylation is 1. The molecule has 0 spiro atoms. The number of carbonyl (C=O) groups is 1. The molecule has 3 heterocycles. The summed E-state index contributed by atoms with van der Waals surface area (Å²) in [5.74, 6) is 0.938. The molecule has 1 N–H and O–H groups in total. The minimum absolute atomic E-state index is 0.145. The Hall–Kier alpha value is -3.71. The average Bonchev–Trinajstić information content (AvgIpc) is 3.54. The zero-order valence-electron chi connectivity index (χ0n) is 18.5. The van der Waals surface area contributed by atoms with E-state index < -0.39 is 0 Å². The Bertz CT molecular complexity index is 1280. The molecule has 0 bridgehead atoms. The molecule has 6 nitrogen and oxygen atoms in total. The molecule has 2 aromatic carbocycles. The molecular weight excluding hydrogens is 432 g/mol. The highest BCUT2D eigenvalue weighted by Crippen LogP contribution is 2.38. The minimum atomic E-state index is -0.381.